The van der Waals surface area contributed by atoms with Gasteiger partial charge in [0.1, 0.15) is 5.69 Å². The Kier molecular flexibility index (Phi) is 5.09. The maximum Gasteiger partial charge on any atom is 0.270 e. The lowest BCUT2D eigenvalue weighted by Crippen LogP contribution is -2.39. The molecule has 1 aliphatic heterocycles. The zero-order valence-corrected chi connectivity index (χ0v) is 16.1. The summed E-state index contributed by atoms with van der Waals surface area (Å²) in [4.78, 5) is 22.2. The Morgan fingerprint density at radius 2 is 2.04 bits per heavy atom. The molecule has 2 aromatic heterocycles. The summed E-state index contributed by atoms with van der Waals surface area (Å²) in [5, 5.41) is 13.6. The highest BCUT2D eigenvalue weighted by molar-refractivity contribution is 7.09. The highest BCUT2D eigenvalue weighted by Crippen LogP contribution is 2.31. The summed E-state index contributed by atoms with van der Waals surface area (Å²) in [5.41, 5.74) is 3.39. The van der Waals surface area contributed by atoms with Gasteiger partial charge >= 0.3 is 0 Å². The van der Waals surface area contributed by atoms with Crippen molar-refractivity contribution in [3.05, 3.63) is 64.2 Å². The maximum atomic E-state index is 12.8. The Bertz CT molecular complexity index is 910. The van der Waals surface area contributed by atoms with Gasteiger partial charge in [-0.1, -0.05) is 30.3 Å². The predicted molar refractivity (Wildman–Crippen MR) is 107 cm³/mol. The Balaban J connectivity index is 1.38. The van der Waals surface area contributed by atoms with E-state index in [-0.39, 0.29) is 11.8 Å². The van der Waals surface area contributed by atoms with Crippen LogP contribution in [0.25, 0.3) is 11.3 Å². The number of carbonyl (C=O) groups is 1. The number of nitrogens with one attached hydrogen (secondary N) is 1. The minimum absolute atomic E-state index is 0.0147. The third-order valence-electron chi connectivity index (χ3n) is 5.24. The number of aliphatic hydroxyl groups is 1. The van der Waals surface area contributed by atoms with Gasteiger partial charge in [0.05, 0.1) is 16.8 Å². The molecule has 1 atom stereocenters. The van der Waals surface area contributed by atoms with E-state index in [1.54, 1.807) is 11.3 Å². The molecule has 0 spiro atoms. The lowest BCUT2D eigenvalue weighted by atomic mass is 9.87. The van der Waals surface area contributed by atoms with E-state index in [0.29, 0.717) is 18.8 Å². The van der Waals surface area contributed by atoms with Crippen LogP contribution in [-0.2, 0) is 0 Å². The molecule has 3 aromatic rings. The average molecular weight is 382 g/mol. The van der Waals surface area contributed by atoms with Gasteiger partial charge in [0, 0.05) is 30.2 Å². The topological polar surface area (TPSA) is 69.2 Å². The average Bonchev–Trinajstić information content (AvgIpc) is 3.37. The molecule has 1 amide bonds. The van der Waals surface area contributed by atoms with Crippen LogP contribution in [-0.4, -0.2) is 39.0 Å². The second-order valence-electron chi connectivity index (χ2n) is 7.04. The van der Waals surface area contributed by atoms with Crippen molar-refractivity contribution in [1.29, 1.82) is 0 Å². The highest BCUT2D eigenvalue weighted by atomic mass is 32.1. The zero-order chi connectivity index (χ0) is 18.8. The summed E-state index contributed by atoms with van der Waals surface area (Å²) < 4.78 is 0. The van der Waals surface area contributed by atoms with Gasteiger partial charge in [-0.3, -0.25) is 4.79 Å². The number of H-pyrrole nitrogens is 1. The molecular formula is C21H23N3O2S. The fourth-order valence-electron chi connectivity index (χ4n) is 3.67. The molecule has 1 saturated heterocycles. The van der Waals surface area contributed by atoms with Crippen molar-refractivity contribution in [3.63, 3.8) is 0 Å². The maximum absolute atomic E-state index is 12.8. The summed E-state index contributed by atoms with van der Waals surface area (Å²) in [7, 11) is 0. The second kappa shape index (κ2) is 7.66. The van der Waals surface area contributed by atoms with Gasteiger partial charge in [-0.2, -0.15) is 0 Å². The first kappa shape index (κ1) is 17.9. The summed E-state index contributed by atoms with van der Waals surface area (Å²) in [6.45, 7) is 3.30. The van der Waals surface area contributed by atoms with Gasteiger partial charge in [0.15, 0.2) is 0 Å². The van der Waals surface area contributed by atoms with E-state index < -0.39 is 6.10 Å². The standard InChI is InChI=1S/C21H23N3O2S/c1-14-23-19(13-27-14)17-11-18(22-12-17)21(26)24-9-7-16(8-10-24)20(25)15-5-3-2-4-6-15/h2-6,11-13,16,20,22,25H,7-10H2,1H3. The Morgan fingerprint density at radius 3 is 2.70 bits per heavy atom. The third kappa shape index (κ3) is 3.82. The Morgan fingerprint density at radius 1 is 1.30 bits per heavy atom. The van der Waals surface area contributed by atoms with Crippen molar-refractivity contribution in [3.8, 4) is 11.3 Å². The molecule has 0 saturated carbocycles. The first-order valence-electron chi connectivity index (χ1n) is 9.25. The lowest BCUT2D eigenvalue weighted by molar-refractivity contribution is 0.0459. The van der Waals surface area contributed by atoms with E-state index in [1.807, 2.05) is 59.8 Å². The van der Waals surface area contributed by atoms with E-state index in [2.05, 4.69) is 9.97 Å². The fraction of sp³-hybridized carbons (Fsp3) is 0.333. The Hall–Kier alpha value is -2.44. The first-order valence-corrected chi connectivity index (χ1v) is 10.1. The number of nitrogens with zero attached hydrogens (tertiary/aromatic N) is 2. The SMILES string of the molecule is Cc1nc(-c2c[nH]c(C(=O)N3CCC(C(O)c4ccccc4)CC3)c2)cs1. The summed E-state index contributed by atoms with van der Waals surface area (Å²) in [5.74, 6) is 0.203. The number of aryl methyl sites for hydroxylation is 1. The van der Waals surface area contributed by atoms with Crippen molar-refractivity contribution in [1.82, 2.24) is 14.9 Å². The number of piperidine rings is 1. The molecular weight excluding hydrogens is 358 g/mol. The predicted octanol–water partition coefficient (Wildman–Crippen LogP) is 4.03. The molecule has 0 bridgehead atoms. The van der Waals surface area contributed by atoms with Gasteiger partial charge in [0.25, 0.3) is 5.91 Å². The summed E-state index contributed by atoms with van der Waals surface area (Å²) >= 11 is 1.60. The number of thiazole rings is 1. The van der Waals surface area contributed by atoms with E-state index in [1.165, 1.54) is 0 Å². The monoisotopic (exact) mass is 381 g/mol. The third-order valence-corrected chi connectivity index (χ3v) is 6.02. The van der Waals surface area contributed by atoms with Crippen molar-refractivity contribution in [2.24, 2.45) is 5.92 Å². The number of hydrogen-bond acceptors (Lipinski definition) is 4. The molecule has 1 aliphatic rings. The minimum atomic E-state index is -0.464. The number of carbonyl (C=O) groups excluding carboxylic acids is 1. The normalized spacial score (nSPS) is 16.4. The van der Waals surface area contributed by atoms with Crippen molar-refractivity contribution in [2.75, 3.05) is 13.1 Å². The largest absolute Gasteiger partial charge is 0.388 e. The number of rotatable bonds is 4. The van der Waals surface area contributed by atoms with Crippen LogP contribution >= 0.6 is 11.3 Å². The number of aromatic amines is 1. The molecule has 27 heavy (non-hydrogen) atoms. The van der Waals surface area contributed by atoms with Crippen molar-refractivity contribution >= 4 is 17.2 Å². The molecule has 1 aromatic carbocycles. The molecule has 1 unspecified atom stereocenters. The highest BCUT2D eigenvalue weighted by Gasteiger charge is 2.29. The molecule has 1 fully saturated rings. The van der Waals surface area contributed by atoms with Crippen LogP contribution in [0.15, 0.2) is 48.0 Å². The van der Waals surface area contributed by atoms with E-state index in [9.17, 15) is 9.90 Å². The number of likely N-dealkylation sites (tertiary alicyclic amines) is 1. The van der Waals surface area contributed by atoms with Crippen molar-refractivity contribution in [2.45, 2.75) is 25.9 Å². The van der Waals surface area contributed by atoms with Crippen LogP contribution < -0.4 is 0 Å². The first-order chi connectivity index (χ1) is 13.1. The van der Waals surface area contributed by atoms with E-state index >= 15 is 0 Å². The quantitative estimate of drug-likeness (QED) is 0.717. The molecule has 3 heterocycles. The molecule has 0 aliphatic carbocycles. The van der Waals surface area contributed by atoms with Crippen LogP contribution in [0.2, 0.25) is 0 Å². The summed E-state index contributed by atoms with van der Waals surface area (Å²) in [6, 6.07) is 11.6. The van der Waals surface area contributed by atoms with Crippen LogP contribution in [0.4, 0.5) is 0 Å². The molecule has 2 N–H and O–H groups in total. The van der Waals surface area contributed by atoms with Crippen LogP contribution in [0.3, 0.4) is 0 Å². The number of hydrogen-bond donors (Lipinski definition) is 2. The second-order valence-corrected chi connectivity index (χ2v) is 8.10. The van der Waals surface area contributed by atoms with Gasteiger partial charge in [0.2, 0.25) is 0 Å². The van der Waals surface area contributed by atoms with Crippen LogP contribution in [0, 0.1) is 12.8 Å². The van der Waals surface area contributed by atoms with Crippen molar-refractivity contribution < 1.29 is 9.90 Å². The molecule has 4 rings (SSSR count). The Labute approximate surface area is 162 Å². The van der Waals surface area contributed by atoms with E-state index in [0.717, 1.165) is 34.7 Å². The zero-order valence-electron chi connectivity index (χ0n) is 15.3. The number of amides is 1. The molecule has 5 nitrogen and oxygen atoms in total. The van der Waals surface area contributed by atoms with Crippen LogP contribution in [0.5, 0.6) is 0 Å². The van der Waals surface area contributed by atoms with E-state index in [4.69, 9.17) is 0 Å². The smallest absolute Gasteiger partial charge is 0.270 e. The summed E-state index contributed by atoms with van der Waals surface area (Å²) in [6.07, 6.45) is 2.99. The fourth-order valence-corrected chi connectivity index (χ4v) is 4.29. The van der Waals surface area contributed by atoms with Gasteiger partial charge in [-0.25, -0.2) is 4.98 Å². The number of aromatic nitrogens is 2. The van der Waals surface area contributed by atoms with Crippen LogP contribution in [0.1, 0.15) is 40.0 Å². The lowest BCUT2D eigenvalue weighted by Gasteiger charge is -2.34. The molecule has 140 valence electrons. The van der Waals surface area contributed by atoms with Gasteiger partial charge in [-0.15, -0.1) is 11.3 Å². The van der Waals surface area contributed by atoms with Gasteiger partial charge < -0.3 is 15.0 Å². The minimum Gasteiger partial charge on any atom is -0.388 e. The number of benzene rings is 1. The molecule has 6 heteroatoms. The van der Waals surface area contributed by atoms with Gasteiger partial charge in [-0.05, 0) is 37.3 Å². The number of aliphatic hydroxyl groups excluding tert-OH is 1. The molecule has 0 radical (unpaired) electrons.